The lowest BCUT2D eigenvalue weighted by molar-refractivity contribution is -0.121. The molecule has 0 radical (unpaired) electrons. The fraction of sp³-hybridized carbons (Fsp3) is 0.400. The first kappa shape index (κ1) is 15.0. The van der Waals surface area contributed by atoms with Gasteiger partial charge in [-0.2, -0.15) is 4.98 Å². The van der Waals surface area contributed by atoms with Crippen LogP contribution in [0.15, 0.2) is 28.8 Å². The fourth-order valence-electron chi connectivity index (χ4n) is 1.87. The molecule has 0 saturated heterocycles. The topological polar surface area (TPSA) is 77.2 Å². The molecule has 6 nitrogen and oxygen atoms in total. The largest absolute Gasteiger partial charge is 0.497 e. The molecule has 0 aliphatic heterocycles. The van der Waals surface area contributed by atoms with Crippen LogP contribution in [-0.2, 0) is 4.79 Å². The molecular weight excluding hydrogens is 270 g/mol. The number of nitrogens with one attached hydrogen (secondary N) is 1. The van der Waals surface area contributed by atoms with Crippen LogP contribution >= 0.6 is 0 Å². The Morgan fingerprint density at radius 3 is 2.71 bits per heavy atom. The molecule has 0 fully saturated rings. The molecular formula is C15H19N3O3. The molecule has 2 rings (SSSR count). The molecule has 0 unspecified atom stereocenters. The van der Waals surface area contributed by atoms with E-state index in [-0.39, 0.29) is 11.9 Å². The third-order valence-corrected chi connectivity index (χ3v) is 3.01. The van der Waals surface area contributed by atoms with Crippen LogP contribution in [0.1, 0.15) is 38.6 Å². The van der Waals surface area contributed by atoms with Crippen LogP contribution in [0.25, 0.3) is 11.4 Å². The maximum absolute atomic E-state index is 11.6. The highest BCUT2D eigenvalue weighted by Crippen LogP contribution is 2.21. The Morgan fingerprint density at radius 2 is 2.10 bits per heavy atom. The highest BCUT2D eigenvalue weighted by atomic mass is 16.5. The lowest BCUT2D eigenvalue weighted by Crippen LogP contribution is -2.26. The molecule has 0 bridgehead atoms. The highest BCUT2D eigenvalue weighted by Gasteiger charge is 2.16. The van der Waals surface area contributed by atoms with Crippen molar-refractivity contribution in [1.29, 1.82) is 0 Å². The number of hydrogen-bond acceptors (Lipinski definition) is 5. The molecule has 1 amide bonds. The molecule has 112 valence electrons. The van der Waals surface area contributed by atoms with Crippen LogP contribution in [0.3, 0.4) is 0 Å². The summed E-state index contributed by atoms with van der Waals surface area (Å²) in [5.41, 5.74) is 0.831. The van der Waals surface area contributed by atoms with Crippen molar-refractivity contribution >= 4 is 5.91 Å². The summed E-state index contributed by atoms with van der Waals surface area (Å²) in [5, 5.41) is 6.76. The van der Waals surface area contributed by atoms with Crippen molar-refractivity contribution in [2.75, 3.05) is 7.11 Å². The molecule has 1 N–H and O–H groups in total. The molecule has 1 heterocycles. The van der Waals surface area contributed by atoms with Gasteiger partial charge in [0, 0.05) is 12.0 Å². The highest BCUT2D eigenvalue weighted by molar-refractivity contribution is 5.76. The van der Waals surface area contributed by atoms with Crippen molar-refractivity contribution in [2.24, 2.45) is 0 Å². The van der Waals surface area contributed by atoms with E-state index in [2.05, 4.69) is 15.5 Å². The Hall–Kier alpha value is -2.37. The molecule has 0 spiro atoms. The Kier molecular flexibility index (Phi) is 4.92. The van der Waals surface area contributed by atoms with Crippen molar-refractivity contribution in [3.63, 3.8) is 0 Å². The number of aromatic nitrogens is 2. The molecule has 1 aromatic heterocycles. The first-order valence-electron chi connectivity index (χ1n) is 6.91. The van der Waals surface area contributed by atoms with E-state index in [0.717, 1.165) is 17.7 Å². The van der Waals surface area contributed by atoms with E-state index in [9.17, 15) is 4.79 Å². The molecule has 0 aliphatic carbocycles. The zero-order valence-electron chi connectivity index (χ0n) is 12.4. The van der Waals surface area contributed by atoms with E-state index in [1.165, 1.54) is 0 Å². The van der Waals surface area contributed by atoms with Gasteiger partial charge >= 0.3 is 0 Å². The zero-order chi connectivity index (χ0) is 15.2. The zero-order valence-corrected chi connectivity index (χ0v) is 12.4. The van der Waals surface area contributed by atoms with E-state index in [1.807, 2.05) is 38.1 Å². The fourth-order valence-corrected chi connectivity index (χ4v) is 1.87. The molecule has 1 atom stereocenters. The Morgan fingerprint density at radius 1 is 1.38 bits per heavy atom. The molecule has 6 heteroatoms. The third-order valence-electron chi connectivity index (χ3n) is 3.01. The van der Waals surface area contributed by atoms with Gasteiger partial charge in [0.05, 0.1) is 7.11 Å². The van der Waals surface area contributed by atoms with Crippen molar-refractivity contribution in [3.8, 4) is 17.1 Å². The number of amides is 1. The van der Waals surface area contributed by atoms with Crippen molar-refractivity contribution in [2.45, 2.75) is 32.7 Å². The second-order valence-electron chi connectivity index (χ2n) is 4.72. The number of benzene rings is 1. The molecule has 21 heavy (non-hydrogen) atoms. The first-order chi connectivity index (χ1) is 10.1. The van der Waals surface area contributed by atoms with Gasteiger partial charge in [-0.25, -0.2) is 0 Å². The predicted octanol–water partition coefficient (Wildman–Crippen LogP) is 2.72. The van der Waals surface area contributed by atoms with Gasteiger partial charge in [-0.15, -0.1) is 0 Å². The summed E-state index contributed by atoms with van der Waals surface area (Å²) < 4.78 is 10.3. The van der Waals surface area contributed by atoms with Crippen LogP contribution in [-0.4, -0.2) is 23.2 Å². The summed E-state index contributed by atoms with van der Waals surface area (Å²) in [6.07, 6.45) is 1.29. The number of hydrogen-bond donors (Lipinski definition) is 1. The number of nitrogens with zero attached hydrogens (tertiary/aromatic N) is 2. The van der Waals surface area contributed by atoms with Crippen molar-refractivity contribution in [3.05, 3.63) is 30.2 Å². The van der Waals surface area contributed by atoms with Crippen LogP contribution in [0.4, 0.5) is 0 Å². The second-order valence-corrected chi connectivity index (χ2v) is 4.72. The quantitative estimate of drug-likeness (QED) is 0.884. The van der Waals surface area contributed by atoms with E-state index in [0.29, 0.717) is 18.1 Å². The second kappa shape index (κ2) is 6.88. The van der Waals surface area contributed by atoms with E-state index in [1.54, 1.807) is 7.11 Å². The van der Waals surface area contributed by atoms with Crippen molar-refractivity contribution in [1.82, 2.24) is 15.5 Å². The summed E-state index contributed by atoms with van der Waals surface area (Å²) in [4.78, 5) is 15.9. The normalized spacial score (nSPS) is 12.0. The van der Waals surface area contributed by atoms with Gasteiger partial charge in [0.15, 0.2) is 0 Å². The average Bonchev–Trinajstić information content (AvgIpc) is 2.97. The SMILES string of the molecule is CCCC(=O)N[C@@H](C)c1nc(-c2ccc(OC)cc2)no1. The minimum absolute atomic E-state index is 0.0193. The van der Waals surface area contributed by atoms with E-state index in [4.69, 9.17) is 9.26 Å². The predicted molar refractivity (Wildman–Crippen MR) is 77.8 cm³/mol. The van der Waals surface area contributed by atoms with E-state index < -0.39 is 0 Å². The number of ether oxygens (including phenoxy) is 1. The molecule has 1 aromatic carbocycles. The Labute approximate surface area is 123 Å². The standard InChI is InChI=1S/C15H19N3O3/c1-4-5-13(19)16-10(2)15-17-14(18-21-15)11-6-8-12(20-3)9-7-11/h6-10H,4-5H2,1-3H3,(H,16,19)/t10-/m0/s1. The van der Waals surface area contributed by atoms with Gasteiger partial charge in [0.25, 0.3) is 0 Å². The lowest BCUT2D eigenvalue weighted by Gasteiger charge is -2.08. The van der Waals surface area contributed by atoms with Crippen LogP contribution < -0.4 is 10.1 Å². The summed E-state index contributed by atoms with van der Waals surface area (Å²) in [5.74, 6) is 1.63. The molecule has 0 aliphatic rings. The van der Waals surface area contributed by atoms with Gasteiger partial charge in [0.2, 0.25) is 17.6 Å². The van der Waals surface area contributed by atoms with Gasteiger partial charge in [0.1, 0.15) is 11.8 Å². The first-order valence-corrected chi connectivity index (χ1v) is 6.91. The minimum Gasteiger partial charge on any atom is -0.497 e. The van der Waals surface area contributed by atoms with Crippen molar-refractivity contribution < 1.29 is 14.1 Å². The summed E-state index contributed by atoms with van der Waals surface area (Å²) in [7, 11) is 1.61. The maximum atomic E-state index is 11.6. The average molecular weight is 289 g/mol. The minimum atomic E-state index is -0.302. The Bertz CT molecular complexity index is 592. The maximum Gasteiger partial charge on any atom is 0.249 e. The van der Waals surface area contributed by atoms with Gasteiger partial charge < -0.3 is 14.6 Å². The van der Waals surface area contributed by atoms with Crippen LogP contribution in [0, 0.1) is 0 Å². The van der Waals surface area contributed by atoms with Crippen LogP contribution in [0.5, 0.6) is 5.75 Å². The van der Waals surface area contributed by atoms with Crippen LogP contribution in [0.2, 0.25) is 0 Å². The van der Waals surface area contributed by atoms with Gasteiger partial charge in [-0.3, -0.25) is 4.79 Å². The smallest absolute Gasteiger partial charge is 0.249 e. The monoisotopic (exact) mass is 289 g/mol. The summed E-state index contributed by atoms with van der Waals surface area (Å²) in [6, 6.07) is 7.07. The molecule has 2 aromatic rings. The van der Waals surface area contributed by atoms with Gasteiger partial charge in [-0.05, 0) is 37.6 Å². The summed E-state index contributed by atoms with van der Waals surface area (Å²) >= 11 is 0. The summed E-state index contributed by atoms with van der Waals surface area (Å²) in [6.45, 7) is 3.78. The van der Waals surface area contributed by atoms with Gasteiger partial charge in [-0.1, -0.05) is 12.1 Å². The number of methoxy groups -OCH3 is 1. The number of carbonyl (C=O) groups excluding carboxylic acids is 1. The van der Waals surface area contributed by atoms with E-state index >= 15 is 0 Å². The number of carbonyl (C=O) groups is 1. The number of rotatable bonds is 6. The molecule has 0 saturated carbocycles. The third kappa shape index (κ3) is 3.81. The lowest BCUT2D eigenvalue weighted by atomic mass is 10.2. The Balaban J connectivity index is 2.07.